The molecule has 0 aliphatic rings. The van der Waals surface area contributed by atoms with Gasteiger partial charge in [0.25, 0.3) is 0 Å². The standard InChI is InChI=1S/C11H21NO4/c1-15-9-7-10(13)12-8-5-3-4-6-11(14)16-2/h3-9H2,1-2H3,(H,12,13). The lowest BCUT2D eigenvalue weighted by molar-refractivity contribution is -0.140. The second-order valence-electron chi connectivity index (χ2n) is 3.48. The van der Waals surface area contributed by atoms with Crippen molar-refractivity contribution >= 4 is 11.9 Å². The molecule has 94 valence electrons. The molecular weight excluding hydrogens is 210 g/mol. The Morgan fingerprint density at radius 2 is 1.81 bits per heavy atom. The van der Waals surface area contributed by atoms with Gasteiger partial charge in [0.1, 0.15) is 0 Å². The fourth-order valence-electron chi connectivity index (χ4n) is 1.18. The number of hydrogen-bond acceptors (Lipinski definition) is 4. The van der Waals surface area contributed by atoms with Crippen LogP contribution in [0.15, 0.2) is 0 Å². The van der Waals surface area contributed by atoms with E-state index >= 15 is 0 Å². The maximum atomic E-state index is 11.1. The predicted molar refractivity (Wildman–Crippen MR) is 60.0 cm³/mol. The molecule has 1 N–H and O–H groups in total. The van der Waals surface area contributed by atoms with Gasteiger partial charge in [0.05, 0.1) is 13.7 Å². The Hall–Kier alpha value is -1.10. The number of rotatable bonds is 9. The van der Waals surface area contributed by atoms with E-state index in [1.807, 2.05) is 0 Å². The number of carbonyl (C=O) groups is 2. The van der Waals surface area contributed by atoms with Crippen molar-refractivity contribution in [2.45, 2.75) is 32.1 Å². The molecule has 0 heterocycles. The summed E-state index contributed by atoms with van der Waals surface area (Å²) < 4.78 is 9.30. The number of carbonyl (C=O) groups excluding carboxylic acids is 2. The topological polar surface area (TPSA) is 64.6 Å². The zero-order valence-electron chi connectivity index (χ0n) is 10.1. The van der Waals surface area contributed by atoms with Gasteiger partial charge in [-0.1, -0.05) is 6.42 Å². The van der Waals surface area contributed by atoms with Gasteiger partial charge >= 0.3 is 5.97 Å². The molecule has 5 heteroatoms. The molecule has 0 atom stereocenters. The summed E-state index contributed by atoms with van der Waals surface area (Å²) in [6, 6.07) is 0. The zero-order valence-corrected chi connectivity index (χ0v) is 10.1. The minimum Gasteiger partial charge on any atom is -0.469 e. The number of nitrogens with one attached hydrogen (secondary N) is 1. The van der Waals surface area contributed by atoms with Gasteiger partial charge in [-0.25, -0.2) is 0 Å². The molecule has 0 aliphatic carbocycles. The van der Waals surface area contributed by atoms with Crippen LogP contribution in [0.25, 0.3) is 0 Å². The van der Waals surface area contributed by atoms with Crippen LogP contribution >= 0.6 is 0 Å². The van der Waals surface area contributed by atoms with Gasteiger partial charge in [-0.3, -0.25) is 9.59 Å². The molecular formula is C11H21NO4. The third-order valence-corrected chi connectivity index (χ3v) is 2.14. The largest absolute Gasteiger partial charge is 0.469 e. The van der Waals surface area contributed by atoms with Gasteiger partial charge in [0.2, 0.25) is 5.91 Å². The molecule has 0 spiro atoms. The molecule has 0 fully saturated rings. The molecule has 1 amide bonds. The molecule has 0 unspecified atom stereocenters. The Kier molecular flexibility index (Phi) is 9.70. The van der Waals surface area contributed by atoms with E-state index in [4.69, 9.17) is 4.74 Å². The number of methoxy groups -OCH3 is 2. The second kappa shape index (κ2) is 10.4. The summed E-state index contributed by atoms with van der Waals surface area (Å²) in [5.74, 6) is -0.168. The lowest BCUT2D eigenvalue weighted by atomic mass is 10.2. The number of amides is 1. The molecule has 0 aromatic carbocycles. The molecule has 0 aromatic heterocycles. The van der Waals surface area contributed by atoms with E-state index in [0.717, 1.165) is 19.3 Å². The first-order valence-electron chi connectivity index (χ1n) is 5.53. The summed E-state index contributed by atoms with van der Waals surface area (Å²) in [6.45, 7) is 1.11. The van der Waals surface area contributed by atoms with Crippen molar-refractivity contribution in [2.75, 3.05) is 27.4 Å². The first-order valence-corrected chi connectivity index (χ1v) is 5.53. The third-order valence-electron chi connectivity index (χ3n) is 2.14. The highest BCUT2D eigenvalue weighted by Gasteiger charge is 2.01. The Morgan fingerprint density at radius 3 is 2.44 bits per heavy atom. The molecule has 0 saturated carbocycles. The first-order chi connectivity index (χ1) is 7.70. The molecule has 0 bridgehead atoms. The van der Waals surface area contributed by atoms with Crippen molar-refractivity contribution in [2.24, 2.45) is 0 Å². The van der Waals surface area contributed by atoms with Crippen molar-refractivity contribution in [1.82, 2.24) is 5.32 Å². The van der Waals surface area contributed by atoms with Crippen LogP contribution < -0.4 is 5.32 Å². The van der Waals surface area contributed by atoms with E-state index < -0.39 is 0 Å². The molecule has 0 aliphatic heterocycles. The van der Waals surface area contributed by atoms with Crippen LogP contribution in [0.2, 0.25) is 0 Å². The Balaban J connectivity index is 3.20. The summed E-state index contributed by atoms with van der Waals surface area (Å²) in [4.78, 5) is 21.9. The van der Waals surface area contributed by atoms with Crippen molar-refractivity contribution in [3.63, 3.8) is 0 Å². The molecule has 0 rings (SSSR count). The van der Waals surface area contributed by atoms with Crippen molar-refractivity contribution in [1.29, 1.82) is 0 Å². The first kappa shape index (κ1) is 14.9. The van der Waals surface area contributed by atoms with Crippen LogP contribution in [-0.4, -0.2) is 39.2 Å². The highest BCUT2D eigenvalue weighted by Crippen LogP contribution is 2.00. The maximum Gasteiger partial charge on any atom is 0.305 e. The maximum absolute atomic E-state index is 11.1. The van der Waals surface area contributed by atoms with Crippen LogP contribution in [-0.2, 0) is 19.1 Å². The third kappa shape index (κ3) is 9.45. The Labute approximate surface area is 96.5 Å². The van der Waals surface area contributed by atoms with Gasteiger partial charge in [-0.15, -0.1) is 0 Å². The van der Waals surface area contributed by atoms with E-state index in [0.29, 0.717) is 26.0 Å². The van der Waals surface area contributed by atoms with E-state index in [9.17, 15) is 9.59 Å². The lowest BCUT2D eigenvalue weighted by Crippen LogP contribution is -2.25. The summed E-state index contributed by atoms with van der Waals surface area (Å²) in [5.41, 5.74) is 0. The number of ether oxygens (including phenoxy) is 2. The Bertz CT molecular complexity index is 206. The molecule has 5 nitrogen and oxygen atoms in total. The van der Waals surface area contributed by atoms with Crippen LogP contribution in [0.1, 0.15) is 32.1 Å². The summed E-state index contributed by atoms with van der Waals surface area (Å²) in [6.07, 6.45) is 3.46. The van der Waals surface area contributed by atoms with Gasteiger partial charge < -0.3 is 14.8 Å². The van der Waals surface area contributed by atoms with Gasteiger partial charge in [0, 0.05) is 26.5 Å². The minimum atomic E-state index is -0.177. The zero-order chi connectivity index (χ0) is 12.2. The quantitative estimate of drug-likeness (QED) is 0.472. The van der Waals surface area contributed by atoms with Crippen LogP contribution in [0.5, 0.6) is 0 Å². The highest BCUT2D eigenvalue weighted by atomic mass is 16.5. The SMILES string of the molecule is COCCC(=O)NCCCCCC(=O)OC. The highest BCUT2D eigenvalue weighted by molar-refractivity contribution is 5.75. The predicted octanol–water partition coefficient (Wildman–Crippen LogP) is 0.872. The number of hydrogen-bond donors (Lipinski definition) is 1. The van der Waals surface area contributed by atoms with Gasteiger partial charge in [-0.2, -0.15) is 0 Å². The molecule has 0 radical (unpaired) electrons. The summed E-state index contributed by atoms with van der Waals surface area (Å²) in [5, 5.41) is 2.78. The fourth-order valence-corrected chi connectivity index (χ4v) is 1.18. The lowest BCUT2D eigenvalue weighted by Gasteiger charge is -2.04. The molecule has 0 saturated heterocycles. The average molecular weight is 231 g/mol. The van der Waals surface area contributed by atoms with Crippen molar-refractivity contribution < 1.29 is 19.1 Å². The fraction of sp³-hybridized carbons (Fsp3) is 0.818. The van der Waals surface area contributed by atoms with Crippen LogP contribution in [0, 0.1) is 0 Å². The van der Waals surface area contributed by atoms with E-state index in [1.54, 1.807) is 7.11 Å². The van der Waals surface area contributed by atoms with Crippen LogP contribution in [0.3, 0.4) is 0 Å². The van der Waals surface area contributed by atoms with Crippen molar-refractivity contribution in [3.8, 4) is 0 Å². The van der Waals surface area contributed by atoms with Gasteiger partial charge in [0.15, 0.2) is 0 Å². The van der Waals surface area contributed by atoms with Crippen molar-refractivity contribution in [3.05, 3.63) is 0 Å². The Morgan fingerprint density at radius 1 is 1.06 bits per heavy atom. The normalized spacial score (nSPS) is 9.88. The number of esters is 1. The van der Waals surface area contributed by atoms with E-state index in [2.05, 4.69) is 10.1 Å². The van der Waals surface area contributed by atoms with E-state index in [1.165, 1.54) is 7.11 Å². The van der Waals surface area contributed by atoms with Crippen LogP contribution in [0.4, 0.5) is 0 Å². The second-order valence-corrected chi connectivity index (χ2v) is 3.48. The van der Waals surface area contributed by atoms with Gasteiger partial charge in [-0.05, 0) is 12.8 Å². The monoisotopic (exact) mass is 231 g/mol. The molecule has 16 heavy (non-hydrogen) atoms. The average Bonchev–Trinajstić information content (AvgIpc) is 2.30. The smallest absolute Gasteiger partial charge is 0.305 e. The number of unbranched alkanes of at least 4 members (excludes halogenated alkanes) is 2. The van der Waals surface area contributed by atoms with E-state index in [-0.39, 0.29) is 11.9 Å². The summed E-state index contributed by atoms with van der Waals surface area (Å²) in [7, 11) is 2.96. The summed E-state index contributed by atoms with van der Waals surface area (Å²) >= 11 is 0. The minimum absolute atomic E-state index is 0.00909. The molecule has 0 aromatic rings.